The lowest BCUT2D eigenvalue weighted by Gasteiger charge is -2.10. The van der Waals surface area contributed by atoms with Crippen molar-refractivity contribution in [2.45, 2.75) is 26.3 Å². The van der Waals surface area contributed by atoms with Crippen LogP contribution in [0.4, 0.5) is 11.8 Å². The molecule has 0 unspecified atom stereocenters. The molecule has 6 nitrogen and oxygen atoms in total. The third-order valence-corrected chi connectivity index (χ3v) is 2.44. The normalized spacial score (nSPS) is 10.4. The molecule has 1 aromatic heterocycles. The van der Waals surface area contributed by atoms with E-state index in [4.69, 9.17) is 5.73 Å². The summed E-state index contributed by atoms with van der Waals surface area (Å²) in [5.74, 6) is 0.794. The predicted octanol–water partition coefficient (Wildman–Crippen LogP) is 1.15. The Hall–Kier alpha value is -1.37. The number of amides is 1. The molecule has 4 N–H and O–H groups in total. The molecule has 0 aliphatic carbocycles. The first-order chi connectivity index (χ1) is 7.99. The zero-order valence-corrected chi connectivity index (χ0v) is 11.4. The number of nitrogen functional groups attached to an aromatic ring is 1. The number of halogens is 1. The quantitative estimate of drug-likeness (QED) is 0.758. The van der Waals surface area contributed by atoms with Crippen LogP contribution in [0.2, 0.25) is 0 Å². The molecule has 0 aliphatic rings. The predicted molar refractivity (Wildman–Crippen MR) is 70.5 cm³/mol. The number of rotatable bonds is 5. The van der Waals surface area contributed by atoms with E-state index in [0.29, 0.717) is 18.8 Å². The molecular weight excluding hydrogens is 286 g/mol. The minimum Gasteiger partial charge on any atom is -0.368 e. The number of carbonyl (C=O) groups is 1. The van der Waals surface area contributed by atoms with Gasteiger partial charge in [0.15, 0.2) is 0 Å². The Morgan fingerprint density at radius 3 is 2.94 bits per heavy atom. The van der Waals surface area contributed by atoms with Crippen LogP contribution in [0.15, 0.2) is 10.7 Å². The molecule has 0 saturated heterocycles. The van der Waals surface area contributed by atoms with Gasteiger partial charge >= 0.3 is 0 Å². The van der Waals surface area contributed by atoms with Crippen molar-refractivity contribution in [3.05, 3.63) is 10.7 Å². The monoisotopic (exact) mass is 301 g/mol. The highest BCUT2D eigenvalue weighted by Crippen LogP contribution is 2.18. The van der Waals surface area contributed by atoms with E-state index in [0.717, 1.165) is 4.47 Å². The van der Waals surface area contributed by atoms with Crippen molar-refractivity contribution in [2.75, 3.05) is 17.6 Å². The molecule has 0 aromatic carbocycles. The molecule has 1 amide bonds. The summed E-state index contributed by atoms with van der Waals surface area (Å²) in [6, 6.07) is 0.156. The van der Waals surface area contributed by atoms with Gasteiger partial charge < -0.3 is 16.4 Å². The fraction of sp³-hybridized carbons (Fsp3) is 0.500. The fourth-order valence-electron chi connectivity index (χ4n) is 1.19. The highest BCUT2D eigenvalue weighted by Gasteiger charge is 2.05. The highest BCUT2D eigenvalue weighted by atomic mass is 79.9. The lowest BCUT2D eigenvalue weighted by molar-refractivity contribution is -0.121. The number of anilines is 2. The summed E-state index contributed by atoms with van der Waals surface area (Å²) >= 11 is 3.29. The van der Waals surface area contributed by atoms with Gasteiger partial charge in [-0.25, -0.2) is 4.98 Å². The van der Waals surface area contributed by atoms with E-state index in [1.807, 2.05) is 13.8 Å². The van der Waals surface area contributed by atoms with Crippen molar-refractivity contribution in [1.82, 2.24) is 15.3 Å². The number of nitrogens with two attached hydrogens (primary N) is 1. The van der Waals surface area contributed by atoms with E-state index in [-0.39, 0.29) is 17.9 Å². The minimum absolute atomic E-state index is 0.00523. The van der Waals surface area contributed by atoms with Gasteiger partial charge in [0.05, 0.1) is 4.47 Å². The van der Waals surface area contributed by atoms with Crippen LogP contribution in [0.5, 0.6) is 0 Å². The standard InChI is InChI=1S/C10H16BrN5O/c1-6(2)15-8(17)3-4-13-9-7(11)5-14-10(12)16-9/h5-6H,3-4H2,1-2H3,(H,15,17)(H3,12,13,14,16). The van der Waals surface area contributed by atoms with Crippen molar-refractivity contribution in [3.63, 3.8) is 0 Å². The Kier molecular flexibility index (Phi) is 5.14. The molecule has 1 aromatic rings. The van der Waals surface area contributed by atoms with E-state index < -0.39 is 0 Å². The second kappa shape index (κ2) is 6.39. The molecule has 0 fully saturated rings. The van der Waals surface area contributed by atoms with E-state index >= 15 is 0 Å². The zero-order valence-electron chi connectivity index (χ0n) is 9.83. The third-order valence-electron chi connectivity index (χ3n) is 1.86. The van der Waals surface area contributed by atoms with Gasteiger partial charge in [-0.15, -0.1) is 0 Å². The molecule has 0 atom stereocenters. The van der Waals surface area contributed by atoms with Crippen molar-refractivity contribution < 1.29 is 4.79 Å². The first-order valence-electron chi connectivity index (χ1n) is 5.30. The lowest BCUT2D eigenvalue weighted by atomic mass is 10.3. The molecule has 0 radical (unpaired) electrons. The number of hydrogen-bond acceptors (Lipinski definition) is 5. The molecule has 0 bridgehead atoms. The topological polar surface area (TPSA) is 92.9 Å². The van der Waals surface area contributed by atoms with E-state index in [1.165, 1.54) is 0 Å². The highest BCUT2D eigenvalue weighted by molar-refractivity contribution is 9.10. The third kappa shape index (κ3) is 4.99. The molecule has 94 valence electrons. The maximum absolute atomic E-state index is 11.4. The van der Waals surface area contributed by atoms with Gasteiger partial charge in [0.1, 0.15) is 5.82 Å². The number of nitrogens with one attached hydrogen (secondary N) is 2. The lowest BCUT2D eigenvalue weighted by Crippen LogP contribution is -2.31. The molecule has 1 heterocycles. The van der Waals surface area contributed by atoms with Crippen LogP contribution in [0.1, 0.15) is 20.3 Å². The SMILES string of the molecule is CC(C)NC(=O)CCNc1nc(N)ncc1Br. The maximum atomic E-state index is 11.4. The van der Waals surface area contributed by atoms with Gasteiger partial charge in [0.25, 0.3) is 0 Å². The summed E-state index contributed by atoms with van der Waals surface area (Å²) in [5.41, 5.74) is 5.46. The summed E-state index contributed by atoms with van der Waals surface area (Å²) < 4.78 is 0.718. The van der Waals surface area contributed by atoms with Crippen LogP contribution in [-0.2, 0) is 4.79 Å². The van der Waals surface area contributed by atoms with Crippen molar-refractivity contribution in [1.29, 1.82) is 0 Å². The Labute approximate surface area is 109 Å². The summed E-state index contributed by atoms with van der Waals surface area (Å²) in [7, 11) is 0. The summed E-state index contributed by atoms with van der Waals surface area (Å²) in [4.78, 5) is 19.2. The second-order valence-electron chi connectivity index (χ2n) is 3.82. The Morgan fingerprint density at radius 2 is 2.29 bits per heavy atom. The minimum atomic E-state index is 0.00523. The molecular formula is C10H16BrN5O. The first-order valence-corrected chi connectivity index (χ1v) is 6.09. The van der Waals surface area contributed by atoms with Crippen LogP contribution in [-0.4, -0.2) is 28.5 Å². The van der Waals surface area contributed by atoms with Gasteiger partial charge in [-0.3, -0.25) is 4.79 Å². The molecule has 0 aliphatic heterocycles. The smallest absolute Gasteiger partial charge is 0.221 e. The van der Waals surface area contributed by atoms with E-state index in [9.17, 15) is 4.79 Å². The van der Waals surface area contributed by atoms with E-state index in [1.54, 1.807) is 6.20 Å². The van der Waals surface area contributed by atoms with Crippen LogP contribution in [0.3, 0.4) is 0 Å². The summed E-state index contributed by atoms with van der Waals surface area (Å²) in [5, 5.41) is 5.83. The Balaban J connectivity index is 2.40. The van der Waals surface area contributed by atoms with Crippen molar-refractivity contribution in [2.24, 2.45) is 0 Å². The van der Waals surface area contributed by atoms with Crippen molar-refractivity contribution >= 4 is 33.6 Å². The van der Waals surface area contributed by atoms with E-state index in [2.05, 4.69) is 36.5 Å². The van der Waals surface area contributed by atoms with Crippen LogP contribution in [0, 0.1) is 0 Å². The summed E-state index contributed by atoms with van der Waals surface area (Å²) in [6.07, 6.45) is 1.95. The van der Waals surface area contributed by atoms with Gasteiger partial charge in [0.2, 0.25) is 11.9 Å². The first kappa shape index (κ1) is 13.7. The van der Waals surface area contributed by atoms with Gasteiger partial charge in [-0.2, -0.15) is 4.98 Å². The average molecular weight is 302 g/mol. The molecule has 7 heteroatoms. The largest absolute Gasteiger partial charge is 0.368 e. The number of hydrogen-bond donors (Lipinski definition) is 3. The zero-order chi connectivity index (χ0) is 12.8. The Bertz CT molecular complexity index is 396. The van der Waals surface area contributed by atoms with Gasteiger partial charge in [-0.05, 0) is 29.8 Å². The van der Waals surface area contributed by atoms with Gasteiger partial charge in [0, 0.05) is 25.2 Å². The fourth-order valence-corrected chi connectivity index (χ4v) is 1.52. The van der Waals surface area contributed by atoms with Crippen LogP contribution in [0.25, 0.3) is 0 Å². The van der Waals surface area contributed by atoms with Gasteiger partial charge in [-0.1, -0.05) is 0 Å². The number of aromatic nitrogens is 2. The second-order valence-corrected chi connectivity index (χ2v) is 4.68. The Morgan fingerprint density at radius 1 is 1.59 bits per heavy atom. The molecule has 0 saturated carbocycles. The molecule has 1 rings (SSSR count). The average Bonchev–Trinajstić information content (AvgIpc) is 2.22. The maximum Gasteiger partial charge on any atom is 0.221 e. The number of nitrogens with zero attached hydrogens (tertiary/aromatic N) is 2. The molecule has 0 spiro atoms. The summed E-state index contributed by atoms with van der Waals surface area (Å²) in [6.45, 7) is 4.34. The van der Waals surface area contributed by atoms with Crippen LogP contribution < -0.4 is 16.4 Å². The van der Waals surface area contributed by atoms with Crippen LogP contribution >= 0.6 is 15.9 Å². The molecule has 17 heavy (non-hydrogen) atoms. The van der Waals surface area contributed by atoms with Crippen molar-refractivity contribution in [3.8, 4) is 0 Å². The number of carbonyl (C=O) groups excluding carboxylic acids is 1.